The molecule has 0 aliphatic rings. The molecule has 5 nitrogen and oxygen atoms in total. The van der Waals surface area contributed by atoms with E-state index in [-0.39, 0.29) is 32.9 Å². The van der Waals surface area contributed by atoms with Gasteiger partial charge in [0, 0.05) is 0 Å². The predicted octanol–water partition coefficient (Wildman–Crippen LogP) is -0.415. The van der Waals surface area contributed by atoms with Gasteiger partial charge in [0.25, 0.3) is 0 Å². The third-order valence-corrected chi connectivity index (χ3v) is 1.32. The van der Waals surface area contributed by atoms with Crippen molar-refractivity contribution >= 4 is 33.3 Å². The van der Waals surface area contributed by atoms with Crippen molar-refractivity contribution in [2.24, 2.45) is 0 Å². The van der Waals surface area contributed by atoms with Crippen LogP contribution in [0.5, 0.6) is 17.2 Å². The summed E-state index contributed by atoms with van der Waals surface area (Å²) >= 11 is 0. The molecule has 0 aliphatic carbocycles. The maximum atomic E-state index is 10.3. The Morgan fingerprint density at radius 1 is 1.08 bits per heavy atom. The van der Waals surface area contributed by atoms with Crippen molar-refractivity contribution in [1.82, 2.24) is 0 Å². The topological polar surface area (TPSA) is 98.0 Å². The number of phenols is 3. The third-order valence-electron chi connectivity index (χ3n) is 1.32. The number of phenolic OH excluding ortho intramolecular Hbond substituents is 3. The minimum absolute atomic E-state index is 0. The Hall–Kier alpha value is -0.988. The molecule has 0 aromatic heterocycles. The monoisotopic (exact) mass is 380 g/mol. The number of carboxylic acids is 1. The molecule has 1 aromatic carbocycles. The zero-order valence-corrected chi connectivity index (χ0v) is 12.1. The quantitative estimate of drug-likeness (QED) is 0.393. The minimum atomic E-state index is -1.29. The molecule has 0 aliphatic heterocycles. The van der Waals surface area contributed by atoms with E-state index in [2.05, 4.69) is 0 Å². The zero-order chi connectivity index (χ0) is 9.30. The molecule has 0 saturated carbocycles. The fourth-order valence-corrected chi connectivity index (χ4v) is 0.728. The Morgan fingerprint density at radius 2 is 1.46 bits per heavy atom. The number of aromatic carboxylic acids is 1. The van der Waals surface area contributed by atoms with Gasteiger partial charge >= 0.3 is 33.3 Å². The summed E-state index contributed by atoms with van der Waals surface area (Å²) in [7, 11) is 0. The van der Waals surface area contributed by atoms with E-state index in [4.69, 9.17) is 20.4 Å². The number of carboxylic acid groups (broad SMARTS) is 1. The molecule has 0 bridgehead atoms. The first-order valence-electron chi connectivity index (χ1n) is 3.00. The van der Waals surface area contributed by atoms with Gasteiger partial charge in [0.05, 0.1) is 5.56 Å². The molecule has 2 radical (unpaired) electrons. The summed E-state index contributed by atoms with van der Waals surface area (Å²) in [6, 6.07) is 1.69. The zero-order valence-electron chi connectivity index (χ0n) is 6.56. The van der Waals surface area contributed by atoms with E-state index in [0.717, 1.165) is 12.1 Å². The van der Waals surface area contributed by atoms with Crippen molar-refractivity contribution < 1.29 is 25.2 Å². The van der Waals surface area contributed by atoms with Crippen molar-refractivity contribution in [3.05, 3.63) is 17.7 Å². The van der Waals surface area contributed by atoms with Crippen molar-refractivity contribution in [3.8, 4) is 17.2 Å². The van der Waals surface area contributed by atoms with Gasteiger partial charge in [-0.2, -0.15) is 0 Å². The van der Waals surface area contributed by atoms with Gasteiger partial charge in [-0.15, -0.1) is 0 Å². The van der Waals surface area contributed by atoms with E-state index in [1.807, 2.05) is 0 Å². The fourth-order valence-electron chi connectivity index (χ4n) is 0.728. The van der Waals surface area contributed by atoms with E-state index in [1.165, 1.54) is 0 Å². The van der Waals surface area contributed by atoms with Crippen LogP contribution < -0.4 is 0 Å². The number of hydrogen-bond donors (Lipinski definition) is 4. The molecular formula is C7H8O5Pb. The average molecular weight is 379 g/mol. The molecule has 4 N–H and O–H groups in total. The Morgan fingerprint density at radius 3 is 1.77 bits per heavy atom. The number of benzene rings is 1. The van der Waals surface area contributed by atoms with Crippen LogP contribution in [0.2, 0.25) is 0 Å². The molecule has 0 atom stereocenters. The van der Waals surface area contributed by atoms with Crippen LogP contribution in [0.25, 0.3) is 0 Å². The van der Waals surface area contributed by atoms with Crippen molar-refractivity contribution in [2.75, 3.05) is 0 Å². The Labute approximate surface area is 93.4 Å². The van der Waals surface area contributed by atoms with Crippen LogP contribution in [0.15, 0.2) is 12.1 Å². The molecule has 1 aromatic rings. The van der Waals surface area contributed by atoms with Crippen molar-refractivity contribution in [1.29, 1.82) is 0 Å². The van der Waals surface area contributed by atoms with Crippen molar-refractivity contribution in [3.63, 3.8) is 0 Å². The molecule has 70 valence electrons. The summed E-state index contributed by atoms with van der Waals surface area (Å²) in [5, 5.41) is 35.0. The molecule has 6 heteroatoms. The molecule has 0 spiro atoms. The van der Waals surface area contributed by atoms with Crippen LogP contribution in [0, 0.1) is 0 Å². The molecule has 0 heterocycles. The summed E-state index contributed by atoms with van der Waals surface area (Å²) in [5.41, 5.74) is -0.289. The normalized spacial score (nSPS) is 8.92. The number of hydrogen-bond acceptors (Lipinski definition) is 4. The van der Waals surface area contributed by atoms with Crippen LogP contribution in [-0.4, -0.2) is 53.7 Å². The summed E-state index contributed by atoms with van der Waals surface area (Å²) in [4.78, 5) is 10.3. The second-order valence-corrected chi connectivity index (χ2v) is 2.17. The molecule has 13 heavy (non-hydrogen) atoms. The molecule has 0 saturated heterocycles. The van der Waals surface area contributed by atoms with Gasteiger partial charge in [-0.3, -0.25) is 0 Å². The van der Waals surface area contributed by atoms with Gasteiger partial charge in [0.2, 0.25) is 0 Å². The summed E-state index contributed by atoms with van der Waals surface area (Å²) < 4.78 is 0. The van der Waals surface area contributed by atoms with E-state index >= 15 is 0 Å². The first kappa shape index (κ1) is 12.0. The maximum absolute atomic E-state index is 10.3. The Balaban J connectivity index is 0.00000144. The average Bonchev–Trinajstić information content (AvgIpc) is 1.99. The van der Waals surface area contributed by atoms with E-state index < -0.39 is 23.2 Å². The number of rotatable bonds is 1. The fraction of sp³-hybridized carbons (Fsp3) is 0. The van der Waals surface area contributed by atoms with Gasteiger partial charge in [0.1, 0.15) is 0 Å². The van der Waals surface area contributed by atoms with Crippen LogP contribution in [0.1, 0.15) is 10.4 Å². The van der Waals surface area contributed by atoms with Crippen molar-refractivity contribution in [2.45, 2.75) is 0 Å². The first-order valence-corrected chi connectivity index (χ1v) is 3.00. The SMILES string of the molecule is O=C(O)c1cc(O)c(O)c(O)c1.[PbH2]. The van der Waals surface area contributed by atoms with Crippen LogP contribution in [0.3, 0.4) is 0 Å². The van der Waals surface area contributed by atoms with Crippen LogP contribution in [-0.2, 0) is 0 Å². The Kier molecular flexibility index (Phi) is 3.98. The Bertz CT molecular complexity index is 313. The summed E-state index contributed by atoms with van der Waals surface area (Å²) in [6.45, 7) is 0. The van der Waals surface area contributed by atoms with E-state index in [9.17, 15) is 4.79 Å². The first-order chi connectivity index (χ1) is 5.52. The molecule has 0 unspecified atom stereocenters. The van der Waals surface area contributed by atoms with Gasteiger partial charge in [-0.05, 0) is 12.1 Å². The summed E-state index contributed by atoms with van der Waals surface area (Å²) in [6.07, 6.45) is 0. The van der Waals surface area contributed by atoms with Gasteiger partial charge in [-0.25, -0.2) is 4.79 Å². The van der Waals surface area contributed by atoms with E-state index in [0.29, 0.717) is 0 Å². The van der Waals surface area contributed by atoms with Gasteiger partial charge < -0.3 is 20.4 Å². The van der Waals surface area contributed by atoms with Crippen LogP contribution >= 0.6 is 0 Å². The number of aromatic hydroxyl groups is 3. The molecule has 1 rings (SSSR count). The third kappa shape index (κ3) is 2.47. The second-order valence-electron chi connectivity index (χ2n) is 2.17. The van der Waals surface area contributed by atoms with Crippen LogP contribution in [0.4, 0.5) is 0 Å². The predicted molar refractivity (Wildman–Crippen MR) is 46.9 cm³/mol. The number of carbonyl (C=O) groups is 1. The second kappa shape index (κ2) is 4.31. The molecule has 0 amide bonds. The standard InChI is InChI=1S/C7H6O5.Pb.2H/c8-4-1-3(7(11)12)2-5(9)6(4)10;;;/h1-2,8-10H,(H,11,12);;;. The molecule has 0 fully saturated rings. The molecular weight excluding hydrogens is 371 g/mol. The summed E-state index contributed by atoms with van der Waals surface area (Å²) in [5.74, 6) is -3.33. The van der Waals surface area contributed by atoms with Gasteiger partial charge in [-0.1, -0.05) is 0 Å². The van der Waals surface area contributed by atoms with E-state index in [1.54, 1.807) is 0 Å². The van der Waals surface area contributed by atoms with Gasteiger partial charge in [0.15, 0.2) is 17.2 Å².